The van der Waals surface area contributed by atoms with Gasteiger partial charge in [0, 0.05) is 53.4 Å². The molecule has 2 N–H and O–H groups in total. The Hall–Kier alpha value is -2.47. The topological polar surface area (TPSA) is 99.0 Å². The van der Waals surface area contributed by atoms with E-state index in [1.807, 2.05) is 23.9 Å². The molecule has 8 nitrogen and oxygen atoms in total. The molecule has 10 heteroatoms. The van der Waals surface area contributed by atoms with Crippen LogP contribution in [-0.4, -0.2) is 77.3 Å². The van der Waals surface area contributed by atoms with E-state index in [0.717, 1.165) is 91.9 Å². The molecule has 300 valence electrons. The molecule has 5 aliphatic rings. The van der Waals surface area contributed by atoms with Crippen LogP contribution < -0.4 is 9.47 Å². The second-order valence-electron chi connectivity index (χ2n) is 15.7. The molecule has 0 radical (unpaired) electrons. The molecule has 3 fully saturated rings. The van der Waals surface area contributed by atoms with Crippen LogP contribution in [0.15, 0.2) is 82.9 Å². The van der Waals surface area contributed by atoms with Gasteiger partial charge in [-0.15, -0.1) is 30.1 Å². The zero-order chi connectivity index (χ0) is 37.9. The van der Waals surface area contributed by atoms with Crippen LogP contribution >= 0.6 is 23.5 Å². The Labute approximate surface area is 336 Å². The van der Waals surface area contributed by atoms with E-state index in [0.29, 0.717) is 31.5 Å². The van der Waals surface area contributed by atoms with Crippen LogP contribution in [0.1, 0.15) is 101 Å². The van der Waals surface area contributed by atoms with E-state index in [1.54, 1.807) is 11.8 Å². The number of benzene rings is 2. The number of allylic oxidation sites excluding steroid dienone is 1. The van der Waals surface area contributed by atoms with Gasteiger partial charge in [-0.3, -0.25) is 0 Å². The predicted octanol–water partition coefficient (Wildman–Crippen LogP) is 9.69. The van der Waals surface area contributed by atoms with Crippen LogP contribution in [0.4, 0.5) is 0 Å². The van der Waals surface area contributed by atoms with E-state index in [-0.39, 0.29) is 48.4 Å². The Bertz CT molecular complexity index is 1580. The lowest BCUT2D eigenvalue weighted by molar-refractivity contribution is -0.223. The Morgan fingerprint density at radius 3 is 2.51 bits per heavy atom. The van der Waals surface area contributed by atoms with Gasteiger partial charge in [-0.25, -0.2) is 0 Å². The average Bonchev–Trinajstić information content (AvgIpc) is 3.74. The second-order valence-corrected chi connectivity index (χ2v) is 18.4. The third-order valence-corrected chi connectivity index (χ3v) is 14.7. The molecule has 0 amide bonds. The van der Waals surface area contributed by atoms with E-state index in [9.17, 15) is 10.2 Å². The van der Waals surface area contributed by atoms with Crippen LogP contribution in [0, 0.1) is 17.8 Å². The van der Waals surface area contributed by atoms with Crippen molar-refractivity contribution in [1.82, 2.24) is 0 Å². The lowest BCUT2D eigenvalue weighted by Gasteiger charge is -2.58. The van der Waals surface area contributed by atoms with Gasteiger partial charge >= 0.3 is 0 Å². The molecule has 55 heavy (non-hydrogen) atoms. The second kappa shape index (κ2) is 20.3. The fourth-order valence-electron chi connectivity index (χ4n) is 9.54. The highest BCUT2D eigenvalue weighted by Crippen LogP contribution is 2.63. The molecule has 1 unspecified atom stereocenters. The van der Waals surface area contributed by atoms with Crippen molar-refractivity contribution in [3.63, 3.8) is 0 Å². The van der Waals surface area contributed by atoms with Gasteiger partial charge in [0.15, 0.2) is 0 Å². The van der Waals surface area contributed by atoms with Crippen molar-refractivity contribution in [2.45, 2.75) is 123 Å². The molecule has 0 aromatic heterocycles. The summed E-state index contributed by atoms with van der Waals surface area (Å²) in [5.74, 6) is 2.03. The number of hydrogen-bond donors (Lipinski definition) is 2. The number of aliphatic hydroxyl groups is 2. The van der Waals surface area contributed by atoms with Gasteiger partial charge < -0.3 is 34.0 Å². The molecular weight excluding hydrogens is 731 g/mol. The zero-order valence-corrected chi connectivity index (χ0v) is 34.0. The number of ether oxygens (including phenoxy) is 4. The minimum Gasteiger partial charge on any atom is -0.493 e. The first-order valence-electron chi connectivity index (χ1n) is 21.0. The molecule has 2 aliphatic heterocycles. The highest BCUT2D eigenvalue weighted by atomic mass is 32.2. The molecule has 2 aromatic carbocycles. The number of thioether (sulfide) groups is 2. The lowest BCUT2D eigenvalue weighted by atomic mass is 9.56. The van der Waals surface area contributed by atoms with Gasteiger partial charge in [-0.1, -0.05) is 61.2 Å². The Morgan fingerprint density at radius 2 is 1.75 bits per heavy atom. The molecular formula is C45H61NO7S2. The largest absolute Gasteiger partial charge is 0.493 e. The van der Waals surface area contributed by atoms with Gasteiger partial charge in [-0.05, 0) is 99.1 Å². The highest BCUT2D eigenvalue weighted by Gasteiger charge is 2.64. The van der Waals surface area contributed by atoms with Crippen molar-refractivity contribution in [3.05, 3.63) is 78.4 Å². The number of oxime groups is 1. The lowest BCUT2D eigenvalue weighted by Crippen LogP contribution is -2.64. The molecule has 2 saturated carbocycles. The fraction of sp³-hybridized carbons (Fsp3) is 0.622. The fourth-order valence-corrected chi connectivity index (χ4v) is 12.1. The van der Waals surface area contributed by atoms with E-state index in [2.05, 4.69) is 55.1 Å². The van der Waals surface area contributed by atoms with Gasteiger partial charge in [0.05, 0.1) is 36.7 Å². The number of hydrogen-bond acceptors (Lipinski definition) is 10. The third kappa shape index (κ3) is 9.81. The molecule has 7 atom stereocenters. The molecule has 2 aromatic rings. The van der Waals surface area contributed by atoms with Crippen LogP contribution in [0.2, 0.25) is 0 Å². The summed E-state index contributed by atoms with van der Waals surface area (Å²) in [4.78, 5) is 7.51. The summed E-state index contributed by atoms with van der Waals surface area (Å²) in [6, 6.07) is 16.8. The van der Waals surface area contributed by atoms with E-state index in [1.165, 1.54) is 30.6 Å². The van der Waals surface area contributed by atoms with Crippen LogP contribution in [0.5, 0.6) is 11.5 Å². The molecule has 3 aliphatic carbocycles. The maximum atomic E-state index is 9.93. The molecule has 2 heterocycles. The SMILES string of the molecule is C=CCO[C@@]12Oc3ccc(OCCSc4ccccc4)cc3[C@H]3[C@H](CCCCO)[C@@H](CCCCO)C=C(C(=NOC4CCCCO4)C[C@@H]1SC1CCCC1)[C@H]32. The quantitative estimate of drug-likeness (QED) is 0.0588. The van der Waals surface area contributed by atoms with Crippen LogP contribution in [0.3, 0.4) is 0 Å². The van der Waals surface area contributed by atoms with Crippen LogP contribution in [-0.2, 0) is 14.3 Å². The highest BCUT2D eigenvalue weighted by molar-refractivity contribution is 8.00. The number of unbranched alkanes of at least 4 members (excludes halogenated alkanes) is 2. The smallest absolute Gasteiger partial charge is 0.230 e. The van der Waals surface area contributed by atoms with Crippen molar-refractivity contribution >= 4 is 29.2 Å². The summed E-state index contributed by atoms with van der Waals surface area (Å²) in [5, 5.41) is 25.3. The van der Waals surface area contributed by atoms with Crippen LogP contribution in [0.25, 0.3) is 0 Å². The summed E-state index contributed by atoms with van der Waals surface area (Å²) in [5.41, 5.74) is 3.30. The van der Waals surface area contributed by atoms with Crippen molar-refractivity contribution in [2.75, 3.05) is 38.8 Å². The Kier molecular flexibility index (Phi) is 15.0. The molecule has 0 bridgehead atoms. The van der Waals surface area contributed by atoms with Gasteiger partial charge in [0.25, 0.3) is 0 Å². The Balaban J connectivity index is 1.31. The summed E-state index contributed by atoms with van der Waals surface area (Å²) in [6.45, 7) is 6.11. The minimum absolute atomic E-state index is 0.0158. The van der Waals surface area contributed by atoms with Crippen molar-refractivity contribution in [1.29, 1.82) is 0 Å². The average molecular weight is 792 g/mol. The first-order valence-corrected chi connectivity index (χ1v) is 22.9. The molecule has 7 rings (SSSR count). The minimum atomic E-state index is -0.939. The molecule has 0 spiro atoms. The summed E-state index contributed by atoms with van der Waals surface area (Å²) in [7, 11) is 0. The first kappa shape index (κ1) is 40.7. The van der Waals surface area contributed by atoms with E-state index >= 15 is 0 Å². The summed E-state index contributed by atoms with van der Waals surface area (Å²) in [6.07, 6.45) is 17.9. The number of nitrogens with zero attached hydrogens (tertiary/aromatic N) is 1. The van der Waals surface area contributed by atoms with Gasteiger partial charge in [0.1, 0.15) is 11.5 Å². The first-order chi connectivity index (χ1) is 27.1. The van der Waals surface area contributed by atoms with Crippen molar-refractivity contribution < 1.29 is 34.0 Å². The third-order valence-electron chi connectivity index (χ3n) is 12.1. The maximum Gasteiger partial charge on any atom is 0.230 e. The molecule has 1 saturated heterocycles. The predicted molar refractivity (Wildman–Crippen MR) is 222 cm³/mol. The van der Waals surface area contributed by atoms with Crippen molar-refractivity contribution in [2.24, 2.45) is 22.9 Å². The summed E-state index contributed by atoms with van der Waals surface area (Å²) < 4.78 is 27.0. The van der Waals surface area contributed by atoms with E-state index in [4.69, 9.17) is 28.9 Å². The normalized spacial score (nSPS) is 29.6. The number of fused-ring (bicyclic) bond motifs is 2. The van der Waals surface area contributed by atoms with Gasteiger partial charge in [-0.2, -0.15) is 0 Å². The van der Waals surface area contributed by atoms with Crippen molar-refractivity contribution in [3.8, 4) is 11.5 Å². The zero-order valence-electron chi connectivity index (χ0n) is 32.4. The summed E-state index contributed by atoms with van der Waals surface area (Å²) >= 11 is 3.83. The standard InChI is InChI=1S/C45H61NO7S2/c1-2-25-51-45-41(55-35-17-6-7-18-35)31-39(46-53-42-20-10-13-26-50-42)37-29-32(14-8-11-23-47)36(19-9-12-24-48)43(44(37)45)38-30-33(21-22-40(38)52-45)49-27-28-54-34-15-4-3-5-16-34/h2-5,15-16,21-22,29-30,32,35-36,41-44,47-48H,1,6-14,17-20,23-28,31H2/t32-,36+,41-,42?,43+,44+,45+/m0/s1. The Morgan fingerprint density at radius 1 is 0.945 bits per heavy atom. The monoisotopic (exact) mass is 791 g/mol. The van der Waals surface area contributed by atoms with Gasteiger partial charge in [0.2, 0.25) is 12.1 Å². The number of aliphatic hydroxyl groups excluding tert-OH is 2. The number of rotatable bonds is 20. The van der Waals surface area contributed by atoms with E-state index < -0.39 is 5.79 Å². The maximum absolute atomic E-state index is 9.93.